The number of unbranched alkanes of at least 4 members (excludes halogenated alkanes) is 2. The number of aromatic nitrogens is 1. The highest BCUT2D eigenvalue weighted by Gasteiger charge is 2.48. The number of hydrogen-bond donors (Lipinski definition) is 0. The van der Waals surface area contributed by atoms with Crippen LogP contribution in [0.2, 0.25) is 0 Å². The molecule has 1 aromatic carbocycles. The summed E-state index contributed by atoms with van der Waals surface area (Å²) in [5, 5.41) is 0. The molecule has 1 aliphatic carbocycles. The summed E-state index contributed by atoms with van der Waals surface area (Å²) >= 11 is 0. The minimum Gasteiger partial charge on any atom is -0.375 e. The average Bonchev–Trinajstić information content (AvgIpc) is 3.16. The van der Waals surface area contributed by atoms with Crippen LogP contribution in [-0.4, -0.2) is 17.2 Å². The molecule has 1 saturated carbocycles. The van der Waals surface area contributed by atoms with Gasteiger partial charge in [0.25, 0.3) is 0 Å². The Kier molecular flexibility index (Phi) is 6.10. The maximum Gasteiger partial charge on any atom is 0.123 e. The van der Waals surface area contributed by atoms with E-state index in [4.69, 9.17) is 9.72 Å². The molecule has 0 radical (unpaired) electrons. The minimum atomic E-state index is -0.129. The second-order valence-electron chi connectivity index (χ2n) is 8.85. The summed E-state index contributed by atoms with van der Waals surface area (Å²) in [6, 6.07) is 13.4. The van der Waals surface area contributed by atoms with Gasteiger partial charge in [0.15, 0.2) is 0 Å². The number of ether oxygens (including phenoxy) is 1. The molecular weight excluding hydrogens is 349 g/mol. The zero-order chi connectivity index (χ0) is 19.3. The summed E-state index contributed by atoms with van der Waals surface area (Å²) in [4.78, 5) is 4.79. The van der Waals surface area contributed by atoms with Gasteiger partial charge in [0.2, 0.25) is 0 Å². The van der Waals surface area contributed by atoms with Crippen LogP contribution in [0.15, 0.2) is 48.7 Å². The van der Waals surface area contributed by atoms with Crippen molar-refractivity contribution in [2.24, 2.45) is 0 Å². The molecule has 0 N–H and O–H groups in total. The lowest BCUT2D eigenvalue weighted by atomic mass is 9.67. The van der Waals surface area contributed by atoms with Crippen LogP contribution >= 0.6 is 0 Å². The van der Waals surface area contributed by atoms with Crippen LogP contribution in [0, 0.1) is 5.82 Å². The fourth-order valence-electron chi connectivity index (χ4n) is 5.46. The van der Waals surface area contributed by atoms with Crippen LogP contribution in [0.1, 0.15) is 75.5 Å². The SMILES string of the molecule is Fc1cccc(CCCCC[C@@]2(c3ccccn3)CCOC3(CCCC3)C2)c1. The molecule has 1 atom stereocenters. The van der Waals surface area contributed by atoms with Crippen molar-refractivity contribution in [2.75, 3.05) is 6.61 Å². The van der Waals surface area contributed by atoms with Crippen molar-refractivity contribution < 1.29 is 9.13 Å². The average molecular weight is 382 g/mol. The molecule has 1 saturated heterocycles. The molecule has 2 nitrogen and oxygen atoms in total. The largest absolute Gasteiger partial charge is 0.375 e. The minimum absolute atomic E-state index is 0.0946. The van der Waals surface area contributed by atoms with Crippen molar-refractivity contribution in [3.63, 3.8) is 0 Å². The lowest BCUT2D eigenvalue weighted by Crippen LogP contribution is -2.46. The maximum absolute atomic E-state index is 13.3. The van der Waals surface area contributed by atoms with E-state index in [0.29, 0.717) is 0 Å². The first-order valence-electron chi connectivity index (χ1n) is 11.0. The zero-order valence-corrected chi connectivity index (χ0v) is 16.8. The van der Waals surface area contributed by atoms with Crippen molar-refractivity contribution in [3.8, 4) is 0 Å². The van der Waals surface area contributed by atoms with E-state index in [0.717, 1.165) is 37.9 Å². The van der Waals surface area contributed by atoms with Gasteiger partial charge in [-0.2, -0.15) is 0 Å². The molecule has 2 fully saturated rings. The lowest BCUT2D eigenvalue weighted by molar-refractivity contribution is -0.104. The number of hydrogen-bond acceptors (Lipinski definition) is 2. The van der Waals surface area contributed by atoms with Gasteiger partial charge < -0.3 is 4.74 Å². The summed E-state index contributed by atoms with van der Waals surface area (Å²) in [7, 11) is 0. The third-order valence-corrected chi connectivity index (χ3v) is 6.88. The molecule has 2 aliphatic rings. The number of benzene rings is 1. The summed E-state index contributed by atoms with van der Waals surface area (Å²) in [5.41, 5.74) is 2.62. The fourth-order valence-corrected chi connectivity index (χ4v) is 5.46. The Bertz CT molecular complexity index is 756. The molecule has 2 aromatic rings. The predicted octanol–water partition coefficient (Wildman–Crippen LogP) is 6.38. The van der Waals surface area contributed by atoms with E-state index in [1.807, 2.05) is 24.4 Å². The molecule has 0 bridgehead atoms. The summed E-state index contributed by atoms with van der Waals surface area (Å²) < 4.78 is 19.7. The van der Waals surface area contributed by atoms with E-state index in [9.17, 15) is 4.39 Å². The smallest absolute Gasteiger partial charge is 0.123 e. The fraction of sp³-hybridized carbons (Fsp3) is 0.560. The van der Waals surface area contributed by atoms with E-state index in [2.05, 4.69) is 12.1 Å². The summed E-state index contributed by atoms with van der Waals surface area (Å²) in [6.45, 7) is 0.861. The van der Waals surface area contributed by atoms with Crippen LogP contribution in [-0.2, 0) is 16.6 Å². The van der Waals surface area contributed by atoms with E-state index >= 15 is 0 Å². The van der Waals surface area contributed by atoms with Gasteiger partial charge in [0.05, 0.1) is 5.60 Å². The van der Waals surface area contributed by atoms with Gasteiger partial charge in [0, 0.05) is 23.9 Å². The van der Waals surface area contributed by atoms with Crippen molar-refractivity contribution in [1.82, 2.24) is 4.98 Å². The standard InChI is InChI=1S/C25H32FNO/c26-22-11-8-10-21(19-22)9-2-1-4-13-24(23-12-3-7-17-27-23)16-18-28-25(20-24)14-5-6-15-25/h3,7-8,10-12,17,19H,1-2,4-6,9,13-16,18,20H2/t24-/m1/s1. The monoisotopic (exact) mass is 381 g/mol. The van der Waals surface area contributed by atoms with E-state index in [1.165, 1.54) is 56.7 Å². The number of nitrogens with zero attached hydrogens (tertiary/aromatic N) is 1. The van der Waals surface area contributed by atoms with Crippen molar-refractivity contribution in [1.29, 1.82) is 0 Å². The van der Waals surface area contributed by atoms with Gasteiger partial charge in [-0.3, -0.25) is 4.98 Å². The number of aryl methyl sites for hydroxylation is 1. The Morgan fingerprint density at radius 1 is 0.964 bits per heavy atom. The molecule has 150 valence electrons. The molecule has 3 heteroatoms. The highest BCUT2D eigenvalue weighted by Crippen LogP contribution is 2.50. The Balaban J connectivity index is 1.39. The first kappa shape index (κ1) is 19.6. The molecule has 1 aliphatic heterocycles. The molecule has 4 rings (SSSR count). The van der Waals surface area contributed by atoms with Crippen LogP contribution in [0.25, 0.3) is 0 Å². The Hall–Kier alpha value is -1.74. The van der Waals surface area contributed by atoms with Crippen LogP contribution < -0.4 is 0 Å². The second-order valence-corrected chi connectivity index (χ2v) is 8.85. The Labute approximate surface area is 168 Å². The van der Waals surface area contributed by atoms with Gasteiger partial charge in [0.1, 0.15) is 5.82 Å². The molecule has 0 unspecified atom stereocenters. The Morgan fingerprint density at radius 2 is 1.86 bits per heavy atom. The Morgan fingerprint density at radius 3 is 2.64 bits per heavy atom. The maximum atomic E-state index is 13.3. The van der Waals surface area contributed by atoms with E-state index in [1.54, 1.807) is 6.07 Å². The molecule has 2 heterocycles. The van der Waals surface area contributed by atoms with Crippen LogP contribution in [0.4, 0.5) is 4.39 Å². The third-order valence-electron chi connectivity index (χ3n) is 6.88. The van der Waals surface area contributed by atoms with E-state index in [-0.39, 0.29) is 16.8 Å². The number of pyridine rings is 1. The molecule has 0 amide bonds. The van der Waals surface area contributed by atoms with Crippen LogP contribution in [0.5, 0.6) is 0 Å². The van der Waals surface area contributed by atoms with Crippen LogP contribution in [0.3, 0.4) is 0 Å². The van der Waals surface area contributed by atoms with Crippen molar-refractivity contribution >= 4 is 0 Å². The number of halogens is 1. The molecule has 28 heavy (non-hydrogen) atoms. The van der Waals surface area contributed by atoms with Crippen molar-refractivity contribution in [2.45, 2.75) is 81.6 Å². The first-order chi connectivity index (χ1) is 13.7. The van der Waals surface area contributed by atoms with Crippen molar-refractivity contribution in [3.05, 3.63) is 65.7 Å². The third kappa shape index (κ3) is 4.46. The quantitative estimate of drug-likeness (QED) is 0.519. The second kappa shape index (κ2) is 8.73. The zero-order valence-electron chi connectivity index (χ0n) is 16.8. The summed E-state index contributed by atoms with van der Waals surface area (Å²) in [6.07, 6.45) is 14.8. The lowest BCUT2D eigenvalue weighted by Gasteiger charge is -2.46. The van der Waals surface area contributed by atoms with Gasteiger partial charge in [-0.05, 0) is 74.8 Å². The van der Waals surface area contributed by atoms with E-state index < -0.39 is 0 Å². The topological polar surface area (TPSA) is 22.1 Å². The predicted molar refractivity (Wildman–Crippen MR) is 111 cm³/mol. The normalized spacial score (nSPS) is 23.9. The highest BCUT2D eigenvalue weighted by atomic mass is 19.1. The van der Waals surface area contributed by atoms with Gasteiger partial charge in [-0.15, -0.1) is 0 Å². The first-order valence-corrected chi connectivity index (χ1v) is 11.0. The van der Waals surface area contributed by atoms with Gasteiger partial charge >= 0.3 is 0 Å². The molecule has 1 aromatic heterocycles. The van der Waals surface area contributed by atoms with Gasteiger partial charge in [-0.1, -0.05) is 43.9 Å². The highest BCUT2D eigenvalue weighted by molar-refractivity contribution is 5.20. The van der Waals surface area contributed by atoms with Gasteiger partial charge in [-0.25, -0.2) is 4.39 Å². The molecule has 1 spiro atoms. The molecular formula is C25H32FNO. The number of rotatable bonds is 7. The summed E-state index contributed by atoms with van der Waals surface area (Å²) in [5.74, 6) is -0.129.